The molecule has 0 amide bonds. The Bertz CT molecular complexity index is 300. The number of methoxy groups -OCH3 is 1. The van der Waals surface area contributed by atoms with Gasteiger partial charge >= 0.3 is 5.97 Å². The Labute approximate surface area is 95.5 Å². The minimum absolute atomic E-state index is 0.195. The second kappa shape index (κ2) is 6.76. The SMILES string of the molecule is C=CCCC1C=CN=NN1CCC(=O)OC. The Morgan fingerprint density at radius 2 is 2.50 bits per heavy atom. The lowest BCUT2D eigenvalue weighted by atomic mass is 10.1. The first-order valence-electron chi connectivity index (χ1n) is 5.29. The summed E-state index contributed by atoms with van der Waals surface area (Å²) in [5.41, 5.74) is 0. The quantitative estimate of drug-likeness (QED) is 0.511. The van der Waals surface area contributed by atoms with Crippen molar-refractivity contribution in [2.24, 2.45) is 10.3 Å². The van der Waals surface area contributed by atoms with Crippen molar-refractivity contribution in [2.75, 3.05) is 13.7 Å². The van der Waals surface area contributed by atoms with Gasteiger partial charge in [0.2, 0.25) is 0 Å². The van der Waals surface area contributed by atoms with E-state index in [0.29, 0.717) is 13.0 Å². The lowest BCUT2D eigenvalue weighted by Crippen LogP contribution is -2.32. The number of carbonyl (C=O) groups is 1. The zero-order valence-electron chi connectivity index (χ0n) is 9.50. The molecule has 5 nitrogen and oxygen atoms in total. The molecule has 1 unspecified atom stereocenters. The highest BCUT2D eigenvalue weighted by atomic mass is 16.5. The van der Waals surface area contributed by atoms with Crippen molar-refractivity contribution in [2.45, 2.75) is 25.3 Å². The summed E-state index contributed by atoms with van der Waals surface area (Å²) in [5.74, 6) is -0.229. The molecule has 1 aliphatic rings. The van der Waals surface area contributed by atoms with Crippen LogP contribution >= 0.6 is 0 Å². The third kappa shape index (κ3) is 3.84. The molecular formula is C11H17N3O2. The van der Waals surface area contributed by atoms with Gasteiger partial charge in [0.25, 0.3) is 0 Å². The van der Waals surface area contributed by atoms with Gasteiger partial charge < -0.3 is 4.74 Å². The predicted octanol–water partition coefficient (Wildman–Crippen LogP) is 2.08. The summed E-state index contributed by atoms with van der Waals surface area (Å²) < 4.78 is 4.59. The molecule has 0 saturated heterocycles. The molecular weight excluding hydrogens is 206 g/mol. The van der Waals surface area contributed by atoms with Crippen molar-refractivity contribution in [1.82, 2.24) is 5.01 Å². The average molecular weight is 223 g/mol. The molecule has 1 heterocycles. The first-order valence-corrected chi connectivity index (χ1v) is 5.29. The first-order chi connectivity index (χ1) is 7.77. The minimum atomic E-state index is -0.229. The number of carbonyl (C=O) groups excluding carboxylic acids is 1. The normalized spacial score (nSPS) is 18.6. The Hall–Kier alpha value is -1.65. The monoisotopic (exact) mass is 223 g/mol. The van der Waals surface area contributed by atoms with E-state index in [4.69, 9.17) is 0 Å². The van der Waals surface area contributed by atoms with Gasteiger partial charge in [-0.25, -0.2) is 0 Å². The molecule has 0 aliphatic carbocycles. The van der Waals surface area contributed by atoms with Crippen LogP contribution in [-0.2, 0) is 9.53 Å². The van der Waals surface area contributed by atoms with E-state index < -0.39 is 0 Å². The van der Waals surface area contributed by atoms with E-state index in [-0.39, 0.29) is 12.0 Å². The lowest BCUT2D eigenvalue weighted by Gasteiger charge is -2.26. The Balaban J connectivity index is 2.42. The van der Waals surface area contributed by atoms with E-state index in [1.54, 1.807) is 11.2 Å². The molecule has 1 aliphatic heterocycles. The summed E-state index contributed by atoms with van der Waals surface area (Å²) in [5, 5.41) is 9.62. The highest BCUT2D eigenvalue weighted by Crippen LogP contribution is 2.14. The fourth-order valence-electron chi connectivity index (χ4n) is 1.45. The van der Waals surface area contributed by atoms with E-state index in [0.717, 1.165) is 12.8 Å². The summed E-state index contributed by atoms with van der Waals surface area (Å²) >= 11 is 0. The average Bonchev–Trinajstić information content (AvgIpc) is 2.34. The van der Waals surface area contributed by atoms with E-state index in [9.17, 15) is 4.79 Å². The molecule has 0 aromatic carbocycles. The molecule has 1 rings (SSSR count). The molecule has 0 saturated carbocycles. The van der Waals surface area contributed by atoms with Crippen LogP contribution in [0, 0.1) is 0 Å². The van der Waals surface area contributed by atoms with Gasteiger partial charge in [-0.3, -0.25) is 9.80 Å². The molecule has 0 spiro atoms. The van der Waals surface area contributed by atoms with Crippen LogP contribution in [0.3, 0.4) is 0 Å². The van der Waals surface area contributed by atoms with Gasteiger partial charge in [0.1, 0.15) is 0 Å². The number of nitrogens with zero attached hydrogens (tertiary/aromatic N) is 3. The van der Waals surface area contributed by atoms with Crippen LogP contribution in [0.1, 0.15) is 19.3 Å². The van der Waals surface area contributed by atoms with Gasteiger partial charge in [0.05, 0.1) is 19.6 Å². The zero-order valence-corrected chi connectivity index (χ0v) is 9.50. The van der Waals surface area contributed by atoms with Crippen molar-refractivity contribution >= 4 is 5.97 Å². The molecule has 1 atom stereocenters. The first kappa shape index (κ1) is 12.4. The maximum Gasteiger partial charge on any atom is 0.307 e. The van der Waals surface area contributed by atoms with E-state index in [2.05, 4.69) is 21.7 Å². The summed E-state index contributed by atoms with van der Waals surface area (Å²) in [6.45, 7) is 4.22. The Morgan fingerprint density at radius 1 is 1.69 bits per heavy atom. The minimum Gasteiger partial charge on any atom is -0.469 e. The maximum absolute atomic E-state index is 11.0. The maximum atomic E-state index is 11.0. The highest BCUT2D eigenvalue weighted by Gasteiger charge is 2.17. The summed E-state index contributed by atoms with van der Waals surface area (Å²) in [6, 6.07) is 0.195. The number of hydrogen-bond acceptors (Lipinski definition) is 5. The van der Waals surface area contributed by atoms with Crippen LogP contribution < -0.4 is 0 Å². The number of ether oxygens (including phenoxy) is 1. The Kier molecular flexibility index (Phi) is 5.25. The van der Waals surface area contributed by atoms with Crippen molar-refractivity contribution in [3.05, 3.63) is 24.9 Å². The molecule has 0 aromatic rings. The number of allylic oxidation sites excluding steroid dienone is 1. The van der Waals surface area contributed by atoms with Crippen LogP contribution in [0.25, 0.3) is 0 Å². The molecule has 88 valence electrons. The molecule has 0 radical (unpaired) electrons. The molecule has 0 aromatic heterocycles. The van der Waals surface area contributed by atoms with Crippen molar-refractivity contribution in [3.8, 4) is 0 Å². The second-order valence-electron chi connectivity index (χ2n) is 3.47. The van der Waals surface area contributed by atoms with Crippen molar-refractivity contribution in [3.63, 3.8) is 0 Å². The van der Waals surface area contributed by atoms with E-state index in [1.807, 2.05) is 12.2 Å². The molecule has 5 heteroatoms. The highest BCUT2D eigenvalue weighted by molar-refractivity contribution is 5.69. The third-order valence-electron chi connectivity index (χ3n) is 2.36. The molecule has 0 N–H and O–H groups in total. The summed E-state index contributed by atoms with van der Waals surface area (Å²) in [4.78, 5) is 11.0. The van der Waals surface area contributed by atoms with E-state index in [1.165, 1.54) is 7.11 Å². The van der Waals surface area contributed by atoms with Crippen LogP contribution in [0.2, 0.25) is 0 Å². The van der Waals surface area contributed by atoms with Crippen LogP contribution in [0.15, 0.2) is 35.3 Å². The van der Waals surface area contributed by atoms with Crippen molar-refractivity contribution < 1.29 is 9.53 Å². The van der Waals surface area contributed by atoms with Gasteiger partial charge in [-0.15, -0.1) is 11.7 Å². The molecule has 0 fully saturated rings. The molecule has 16 heavy (non-hydrogen) atoms. The lowest BCUT2D eigenvalue weighted by molar-refractivity contribution is -0.141. The van der Waals surface area contributed by atoms with Crippen LogP contribution in [0.5, 0.6) is 0 Å². The largest absolute Gasteiger partial charge is 0.469 e. The zero-order chi connectivity index (χ0) is 11.8. The van der Waals surface area contributed by atoms with Gasteiger partial charge in [0.15, 0.2) is 0 Å². The number of rotatable bonds is 6. The fraction of sp³-hybridized carbons (Fsp3) is 0.545. The van der Waals surface area contributed by atoms with Crippen LogP contribution in [-0.4, -0.2) is 30.7 Å². The molecule has 0 bridgehead atoms. The van der Waals surface area contributed by atoms with Gasteiger partial charge in [0, 0.05) is 12.7 Å². The third-order valence-corrected chi connectivity index (χ3v) is 2.36. The summed E-state index contributed by atoms with van der Waals surface area (Å²) in [6.07, 6.45) is 7.71. The number of hydrogen-bond donors (Lipinski definition) is 0. The number of esters is 1. The van der Waals surface area contributed by atoms with Crippen molar-refractivity contribution in [1.29, 1.82) is 0 Å². The predicted molar refractivity (Wildman–Crippen MR) is 60.6 cm³/mol. The fourth-order valence-corrected chi connectivity index (χ4v) is 1.45. The van der Waals surface area contributed by atoms with Gasteiger partial charge in [-0.05, 0) is 18.9 Å². The summed E-state index contributed by atoms with van der Waals surface area (Å²) in [7, 11) is 1.38. The standard InChI is InChI=1S/C11H17N3O2/c1-3-4-5-10-6-8-12-13-14(10)9-7-11(15)16-2/h3,6,8,10H,1,4-5,7,9H2,2H3. The topological polar surface area (TPSA) is 54.3 Å². The van der Waals surface area contributed by atoms with Crippen LogP contribution in [0.4, 0.5) is 0 Å². The van der Waals surface area contributed by atoms with Gasteiger partial charge in [-0.2, -0.15) is 0 Å². The second-order valence-corrected chi connectivity index (χ2v) is 3.47. The van der Waals surface area contributed by atoms with E-state index >= 15 is 0 Å². The van der Waals surface area contributed by atoms with Gasteiger partial charge in [-0.1, -0.05) is 11.3 Å². The smallest absolute Gasteiger partial charge is 0.307 e. The Morgan fingerprint density at radius 3 is 3.19 bits per heavy atom.